The molecule has 6 heteroatoms. The Morgan fingerprint density at radius 2 is 1.63 bits per heavy atom. The number of carbonyl (C=O) groups is 1. The maximum atomic E-state index is 11.8. The standard InChI is InChI=1S/C24H28O6/c1-12-7-16(8-21(26-5)23(12)27-6)22-13(2)14(3)24(30-15(4)25)18-10-20-19(9-17(18)22)28-11-29-20/h7-10,13-14,22,24H,11H2,1-6H3. The highest BCUT2D eigenvalue weighted by molar-refractivity contribution is 5.67. The molecule has 4 rings (SSSR count). The Morgan fingerprint density at radius 3 is 2.23 bits per heavy atom. The summed E-state index contributed by atoms with van der Waals surface area (Å²) in [6, 6.07) is 8.19. The molecule has 0 amide bonds. The van der Waals surface area contributed by atoms with Crippen LogP contribution in [0.5, 0.6) is 23.0 Å². The Kier molecular flexibility index (Phi) is 5.26. The number of benzene rings is 2. The summed E-state index contributed by atoms with van der Waals surface area (Å²) in [7, 11) is 3.30. The molecule has 2 aromatic carbocycles. The summed E-state index contributed by atoms with van der Waals surface area (Å²) in [6.45, 7) is 8.00. The second-order valence-corrected chi connectivity index (χ2v) is 8.13. The highest BCUT2D eigenvalue weighted by Gasteiger charge is 2.42. The van der Waals surface area contributed by atoms with Gasteiger partial charge in [0.25, 0.3) is 0 Å². The van der Waals surface area contributed by atoms with Gasteiger partial charge in [0.1, 0.15) is 6.10 Å². The average Bonchev–Trinajstić information content (AvgIpc) is 3.17. The monoisotopic (exact) mass is 412 g/mol. The molecule has 0 saturated carbocycles. The molecule has 0 saturated heterocycles. The minimum absolute atomic E-state index is 0.0785. The van der Waals surface area contributed by atoms with Gasteiger partial charge in [-0.25, -0.2) is 0 Å². The van der Waals surface area contributed by atoms with E-state index in [0.29, 0.717) is 11.5 Å². The maximum absolute atomic E-state index is 11.8. The van der Waals surface area contributed by atoms with E-state index in [0.717, 1.165) is 33.8 Å². The number of rotatable bonds is 4. The number of hydrogen-bond donors (Lipinski definition) is 0. The second-order valence-electron chi connectivity index (χ2n) is 8.13. The topological polar surface area (TPSA) is 63.2 Å². The molecule has 0 spiro atoms. The summed E-state index contributed by atoms with van der Waals surface area (Å²) in [4.78, 5) is 11.8. The Labute approximate surface area is 177 Å². The van der Waals surface area contributed by atoms with E-state index >= 15 is 0 Å². The van der Waals surface area contributed by atoms with Gasteiger partial charge in [0, 0.05) is 24.3 Å². The van der Waals surface area contributed by atoms with E-state index in [2.05, 4.69) is 19.9 Å². The summed E-state index contributed by atoms with van der Waals surface area (Å²) in [5.74, 6) is 2.96. The Balaban J connectivity index is 1.91. The fourth-order valence-corrected chi connectivity index (χ4v) is 4.83. The fraction of sp³-hybridized carbons (Fsp3) is 0.458. The zero-order valence-electron chi connectivity index (χ0n) is 18.3. The lowest BCUT2D eigenvalue weighted by Gasteiger charge is -2.41. The van der Waals surface area contributed by atoms with Crippen LogP contribution in [0.3, 0.4) is 0 Å². The molecule has 0 aromatic heterocycles. The summed E-state index contributed by atoms with van der Waals surface area (Å²) < 4.78 is 28.2. The largest absolute Gasteiger partial charge is 0.493 e. The van der Waals surface area contributed by atoms with Crippen LogP contribution < -0.4 is 18.9 Å². The van der Waals surface area contributed by atoms with Gasteiger partial charge in [0.05, 0.1) is 14.2 Å². The van der Waals surface area contributed by atoms with Gasteiger partial charge in [0.2, 0.25) is 6.79 Å². The molecule has 1 aliphatic heterocycles. The Bertz CT molecular complexity index is 982. The van der Waals surface area contributed by atoms with Crippen LogP contribution in [0.25, 0.3) is 0 Å². The number of ether oxygens (including phenoxy) is 5. The summed E-state index contributed by atoms with van der Waals surface area (Å²) >= 11 is 0. The molecule has 0 fully saturated rings. The van der Waals surface area contributed by atoms with E-state index in [1.807, 2.05) is 25.1 Å². The molecule has 1 aliphatic carbocycles. The van der Waals surface area contributed by atoms with Crippen molar-refractivity contribution in [3.63, 3.8) is 0 Å². The van der Waals surface area contributed by atoms with E-state index in [4.69, 9.17) is 23.7 Å². The molecule has 0 bridgehead atoms. The number of hydrogen-bond acceptors (Lipinski definition) is 6. The van der Waals surface area contributed by atoms with Crippen molar-refractivity contribution in [1.82, 2.24) is 0 Å². The summed E-state index contributed by atoms with van der Waals surface area (Å²) in [5.41, 5.74) is 4.20. The minimum Gasteiger partial charge on any atom is -0.493 e. The minimum atomic E-state index is -0.334. The number of fused-ring (bicyclic) bond motifs is 2. The zero-order chi connectivity index (χ0) is 21.6. The number of carbonyl (C=O) groups excluding carboxylic acids is 1. The quantitative estimate of drug-likeness (QED) is 0.675. The lowest BCUT2D eigenvalue weighted by atomic mass is 9.66. The Morgan fingerprint density at radius 1 is 0.967 bits per heavy atom. The smallest absolute Gasteiger partial charge is 0.303 e. The zero-order valence-corrected chi connectivity index (χ0v) is 18.3. The van der Waals surface area contributed by atoms with Gasteiger partial charge in [0.15, 0.2) is 23.0 Å². The van der Waals surface area contributed by atoms with Crippen LogP contribution in [0.1, 0.15) is 55.0 Å². The Hall–Kier alpha value is -2.89. The van der Waals surface area contributed by atoms with Crippen LogP contribution in [0, 0.1) is 18.8 Å². The van der Waals surface area contributed by atoms with Crippen molar-refractivity contribution >= 4 is 5.97 Å². The lowest BCUT2D eigenvalue weighted by Crippen LogP contribution is -2.32. The first-order valence-corrected chi connectivity index (χ1v) is 10.2. The fourth-order valence-electron chi connectivity index (χ4n) is 4.83. The van der Waals surface area contributed by atoms with Crippen LogP contribution in [0.15, 0.2) is 24.3 Å². The molecule has 4 atom stereocenters. The van der Waals surface area contributed by atoms with Crippen molar-refractivity contribution in [2.24, 2.45) is 11.8 Å². The van der Waals surface area contributed by atoms with Crippen LogP contribution in [-0.2, 0) is 9.53 Å². The summed E-state index contributed by atoms with van der Waals surface area (Å²) in [5, 5.41) is 0. The normalized spacial score (nSPS) is 24.2. The van der Waals surface area contributed by atoms with Crippen molar-refractivity contribution < 1.29 is 28.5 Å². The van der Waals surface area contributed by atoms with E-state index < -0.39 is 0 Å². The first-order chi connectivity index (χ1) is 14.3. The first-order valence-electron chi connectivity index (χ1n) is 10.2. The molecule has 2 aromatic rings. The molecule has 0 N–H and O–H groups in total. The van der Waals surface area contributed by atoms with E-state index in [1.165, 1.54) is 6.92 Å². The number of esters is 1. The molecule has 6 nitrogen and oxygen atoms in total. The van der Waals surface area contributed by atoms with Crippen molar-refractivity contribution in [3.05, 3.63) is 46.5 Å². The predicted octanol–water partition coefficient (Wildman–Crippen LogP) is 4.76. The van der Waals surface area contributed by atoms with E-state index in [-0.39, 0.29) is 36.6 Å². The number of aryl methyl sites for hydroxylation is 1. The lowest BCUT2D eigenvalue weighted by molar-refractivity contribution is -0.151. The molecule has 0 radical (unpaired) electrons. The third kappa shape index (κ3) is 3.24. The van der Waals surface area contributed by atoms with Gasteiger partial charge >= 0.3 is 5.97 Å². The first kappa shape index (κ1) is 20.4. The third-order valence-corrected chi connectivity index (χ3v) is 6.39. The summed E-state index contributed by atoms with van der Waals surface area (Å²) in [6.07, 6.45) is -0.334. The SMILES string of the molecule is COc1cc(C2c3cc4c(cc3C(OC(C)=O)C(C)C2C)OCO4)cc(C)c1OC. The van der Waals surface area contributed by atoms with Crippen LogP contribution >= 0.6 is 0 Å². The molecule has 160 valence electrons. The number of methoxy groups -OCH3 is 2. The van der Waals surface area contributed by atoms with Crippen molar-refractivity contribution in [1.29, 1.82) is 0 Å². The molecule has 4 unspecified atom stereocenters. The van der Waals surface area contributed by atoms with Crippen molar-refractivity contribution in [3.8, 4) is 23.0 Å². The third-order valence-electron chi connectivity index (χ3n) is 6.39. The van der Waals surface area contributed by atoms with Gasteiger partial charge in [-0.3, -0.25) is 4.79 Å². The van der Waals surface area contributed by atoms with E-state index in [9.17, 15) is 4.79 Å². The van der Waals surface area contributed by atoms with Crippen molar-refractivity contribution in [2.75, 3.05) is 21.0 Å². The van der Waals surface area contributed by atoms with Crippen LogP contribution in [-0.4, -0.2) is 27.0 Å². The van der Waals surface area contributed by atoms with E-state index in [1.54, 1.807) is 14.2 Å². The van der Waals surface area contributed by atoms with Gasteiger partial charge in [-0.05, 0) is 47.7 Å². The van der Waals surface area contributed by atoms with Gasteiger partial charge in [-0.15, -0.1) is 0 Å². The molecular weight excluding hydrogens is 384 g/mol. The highest BCUT2D eigenvalue weighted by atomic mass is 16.7. The van der Waals surface area contributed by atoms with Gasteiger partial charge in [-0.2, -0.15) is 0 Å². The van der Waals surface area contributed by atoms with Gasteiger partial charge in [-0.1, -0.05) is 19.9 Å². The molecule has 30 heavy (non-hydrogen) atoms. The molecular formula is C24H28O6. The predicted molar refractivity (Wildman–Crippen MR) is 112 cm³/mol. The average molecular weight is 412 g/mol. The highest BCUT2D eigenvalue weighted by Crippen LogP contribution is 2.53. The van der Waals surface area contributed by atoms with Crippen molar-refractivity contribution in [2.45, 2.75) is 39.7 Å². The second kappa shape index (κ2) is 7.74. The molecule has 2 aliphatic rings. The van der Waals surface area contributed by atoms with Crippen LogP contribution in [0.4, 0.5) is 0 Å². The van der Waals surface area contributed by atoms with Gasteiger partial charge < -0.3 is 23.7 Å². The van der Waals surface area contributed by atoms with Crippen LogP contribution in [0.2, 0.25) is 0 Å². The molecule has 1 heterocycles. The maximum Gasteiger partial charge on any atom is 0.303 e.